The van der Waals surface area contributed by atoms with E-state index < -0.39 is 16.7 Å². The molecule has 33 heavy (non-hydrogen) atoms. The van der Waals surface area contributed by atoms with Gasteiger partial charge in [-0.15, -0.1) is 0 Å². The Morgan fingerprint density at radius 1 is 0.879 bits per heavy atom. The summed E-state index contributed by atoms with van der Waals surface area (Å²) in [6, 6.07) is 22.7. The third-order valence-corrected chi connectivity index (χ3v) is 5.70. The summed E-state index contributed by atoms with van der Waals surface area (Å²) in [6.07, 6.45) is 0. The van der Waals surface area contributed by atoms with E-state index in [9.17, 15) is 19.7 Å². The normalized spacial score (nSPS) is 13.6. The van der Waals surface area contributed by atoms with Crippen LogP contribution in [0.3, 0.4) is 0 Å². The lowest BCUT2D eigenvalue weighted by molar-refractivity contribution is -0.384. The first-order valence-electron chi connectivity index (χ1n) is 10.6. The molecule has 1 heterocycles. The van der Waals surface area contributed by atoms with Gasteiger partial charge in [-0.1, -0.05) is 48.5 Å². The number of para-hydroxylation sites is 1. The number of carbonyl (C=O) groups is 2. The highest BCUT2D eigenvalue weighted by molar-refractivity contribution is 6.45. The number of nitrogens with zero attached hydrogens (tertiary/aromatic N) is 3. The van der Waals surface area contributed by atoms with E-state index in [1.807, 2.05) is 61.2 Å². The summed E-state index contributed by atoms with van der Waals surface area (Å²) in [6.45, 7) is 4.73. The van der Waals surface area contributed by atoms with E-state index in [0.717, 1.165) is 11.1 Å². The van der Waals surface area contributed by atoms with Crippen LogP contribution in [0.2, 0.25) is 0 Å². The largest absolute Gasteiger partial charge is 0.362 e. The summed E-state index contributed by atoms with van der Waals surface area (Å²) in [7, 11) is 0. The van der Waals surface area contributed by atoms with Crippen LogP contribution in [0.25, 0.3) is 5.57 Å². The molecule has 0 N–H and O–H groups in total. The summed E-state index contributed by atoms with van der Waals surface area (Å²) in [5.41, 5.74) is 3.26. The zero-order valence-corrected chi connectivity index (χ0v) is 18.4. The van der Waals surface area contributed by atoms with Crippen molar-refractivity contribution in [2.75, 3.05) is 11.4 Å². The Balaban J connectivity index is 1.85. The Hall–Kier alpha value is -4.26. The summed E-state index contributed by atoms with van der Waals surface area (Å²) >= 11 is 0. The number of non-ortho nitro benzene ring substituents is 1. The first kappa shape index (κ1) is 22.0. The zero-order valence-electron chi connectivity index (χ0n) is 18.4. The number of nitro benzene ring substituents is 1. The van der Waals surface area contributed by atoms with Crippen LogP contribution < -0.4 is 4.90 Å². The number of benzene rings is 3. The lowest BCUT2D eigenvalue weighted by Crippen LogP contribution is -2.35. The number of imide groups is 1. The second-order valence-electron chi connectivity index (χ2n) is 7.76. The van der Waals surface area contributed by atoms with E-state index in [-0.39, 0.29) is 11.3 Å². The molecular weight excluding hydrogens is 418 g/mol. The van der Waals surface area contributed by atoms with Crippen molar-refractivity contribution >= 4 is 28.8 Å². The van der Waals surface area contributed by atoms with Gasteiger partial charge >= 0.3 is 0 Å². The maximum atomic E-state index is 13.7. The lowest BCUT2D eigenvalue weighted by atomic mass is 10.0. The van der Waals surface area contributed by atoms with Crippen molar-refractivity contribution in [1.29, 1.82) is 0 Å². The van der Waals surface area contributed by atoms with Crippen molar-refractivity contribution in [3.05, 3.63) is 111 Å². The molecule has 0 saturated heterocycles. The fourth-order valence-corrected chi connectivity index (χ4v) is 4.01. The molecule has 0 aromatic heterocycles. The zero-order chi connectivity index (χ0) is 23.5. The topological polar surface area (TPSA) is 83.8 Å². The minimum Gasteiger partial charge on any atom is -0.362 e. The highest BCUT2D eigenvalue weighted by atomic mass is 16.6. The fourth-order valence-electron chi connectivity index (χ4n) is 4.01. The molecule has 0 fully saturated rings. The Kier molecular flexibility index (Phi) is 6.04. The van der Waals surface area contributed by atoms with Gasteiger partial charge in [0.15, 0.2) is 0 Å². The lowest BCUT2D eigenvalue weighted by Gasteiger charge is -2.25. The molecule has 1 aliphatic heterocycles. The van der Waals surface area contributed by atoms with Gasteiger partial charge in [0, 0.05) is 25.2 Å². The smallest absolute Gasteiger partial charge is 0.282 e. The van der Waals surface area contributed by atoms with Crippen LogP contribution in [-0.4, -0.2) is 28.2 Å². The number of anilines is 1. The molecule has 0 bridgehead atoms. The average molecular weight is 441 g/mol. The quantitative estimate of drug-likeness (QED) is 0.301. The Labute approximate surface area is 191 Å². The molecule has 0 unspecified atom stereocenters. The van der Waals surface area contributed by atoms with Crippen LogP contribution in [-0.2, 0) is 16.1 Å². The van der Waals surface area contributed by atoms with Gasteiger partial charge in [0.25, 0.3) is 17.5 Å². The molecule has 0 atom stereocenters. The van der Waals surface area contributed by atoms with Gasteiger partial charge in [0.1, 0.15) is 5.70 Å². The standard InChI is InChI=1S/C26H23N3O4/c1-3-27(17-19-10-5-4-6-11-19)24-23(20-13-15-21(16-14-20)29(32)33)25(30)28(26(24)31)22-12-8-7-9-18(22)2/h4-16H,3,17H2,1-2H3. The number of amides is 2. The van der Waals surface area contributed by atoms with Crippen molar-refractivity contribution in [3.63, 3.8) is 0 Å². The van der Waals surface area contributed by atoms with E-state index in [4.69, 9.17) is 0 Å². The molecule has 1 aliphatic rings. The summed E-state index contributed by atoms with van der Waals surface area (Å²) < 4.78 is 0. The first-order valence-corrected chi connectivity index (χ1v) is 10.6. The second kappa shape index (κ2) is 9.08. The van der Waals surface area contributed by atoms with Gasteiger partial charge in [-0.3, -0.25) is 19.7 Å². The van der Waals surface area contributed by atoms with E-state index >= 15 is 0 Å². The van der Waals surface area contributed by atoms with E-state index in [1.54, 1.807) is 12.1 Å². The van der Waals surface area contributed by atoms with Crippen LogP contribution >= 0.6 is 0 Å². The third-order valence-electron chi connectivity index (χ3n) is 5.70. The number of hydrogen-bond donors (Lipinski definition) is 0. The third kappa shape index (κ3) is 4.13. The number of hydrogen-bond acceptors (Lipinski definition) is 5. The van der Waals surface area contributed by atoms with E-state index in [2.05, 4.69) is 0 Å². The van der Waals surface area contributed by atoms with Crippen molar-refractivity contribution < 1.29 is 14.5 Å². The van der Waals surface area contributed by atoms with Crippen LogP contribution in [0.15, 0.2) is 84.6 Å². The molecule has 4 rings (SSSR count). The number of likely N-dealkylation sites (N-methyl/N-ethyl adjacent to an activating group) is 1. The molecule has 166 valence electrons. The molecule has 7 nitrogen and oxygen atoms in total. The van der Waals surface area contributed by atoms with Gasteiger partial charge in [-0.05, 0) is 48.7 Å². The summed E-state index contributed by atoms with van der Waals surface area (Å²) in [5.74, 6) is -0.843. The predicted molar refractivity (Wildman–Crippen MR) is 126 cm³/mol. The van der Waals surface area contributed by atoms with Crippen LogP contribution in [0, 0.1) is 17.0 Å². The van der Waals surface area contributed by atoms with Crippen molar-refractivity contribution in [3.8, 4) is 0 Å². The Morgan fingerprint density at radius 3 is 2.12 bits per heavy atom. The van der Waals surface area contributed by atoms with Gasteiger partial charge in [-0.2, -0.15) is 0 Å². The van der Waals surface area contributed by atoms with Gasteiger partial charge in [0.05, 0.1) is 16.2 Å². The molecule has 0 saturated carbocycles. The predicted octanol–water partition coefficient (Wildman–Crippen LogP) is 4.71. The molecule has 3 aromatic rings. The van der Waals surface area contributed by atoms with E-state index in [1.165, 1.54) is 29.2 Å². The number of rotatable bonds is 7. The molecule has 7 heteroatoms. The number of nitro groups is 1. The SMILES string of the molecule is CCN(Cc1ccccc1)C1=C(c2ccc([N+](=O)[O-])cc2)C(=O)N(c2ccccc2C)C1=O. The average Bonchev–Trinajstić information content (AvgIpc) is 3.08. The molecule has 0 radical (unpaired) electrons. The Bertz CT molecular complexity index is 1250. The van der Waals surface area contributed by atoms with Crippen molar-refractivity contribution in [1.82, 2.24) is 4.90 Å². The second-order valence-corrected chi connectivity index (χ2v) is 7.76. The van der Waals surface area contributed by atoms with Crippen molar-refractivity contribution in [2.24, 2.45) is 0 Å². The van der Waals surface area contributed by atoms with E-state index in [0.29, 0.717) is 30.0 Å². The van der Waals surface area contributed by atoms with Crippen molar-refractivity contribution in [2.45, 2.75) is 20.4 Å². The maximum absolute atomic E-state index is 13.7. The van der Waals surface area contributed by atoms with Gasteiger partial charge < -0.3 is 4.90 Å². The maximum Gasteiger partial charge on any atom is 0.282 e. The minimum atomic E-state index is -0.492. The minimum absolute atomic E-state index is 0.0786. The molecule has 3 aromatic carbocycles. The molecule has 2 amide bonds. The first-order chi connectivity index (χ1) is 15.9. The monoisotopic (exact) mass is 441 g/mol. The highest BCUT2D eigenvalue weighted by Gasteiger charge is 2.42. The number of carbonyl (C=O) groups excluding carboxylic acids is 2. The number of aryl methyl sites for hydroxylation is 1. The molecule has 0 aliphatic carbocycles. The molecular formula is C26H23N3O4. The summed E-state index contributed by atoms with van der Waals surface area (Å²) in [4.78, 5) is 41.1. The van der Waals surface area contributed by atoms with Crippen LogP contribution in [0.1, 0.15) is 23.6 Å². The van der Waals surface area contributed by atoms with Gasteiger partial charge in [-0.25, -0.2) is 4.90 Å². The fraction of sp³-hybridized carbons (Fsp3) is 0.154. The summed E-state index contributed by atoms with van der Waals surface area (Å²) in [5, 5.41) is 11.1. The molecule has 0 spiro atoms. The highest BCUT2D eigenvalue weighted by Crippen LogP contribution is 2.36. The van der Waals surface area contributed by atoms with Gasteiger partial charge in [0.2, 0.25) is 0 Å². The Morgan fingerprint density at radius 2 is 1.52 bits per heavy atom. The van der Waals surface area contributed by atoms with Crippen LogP contribution in [0.5, 0.6) is 0 Å². The van der Waals surface area contributed by atoms with Crippen LogP contribution in [0.4, 0.5) is 11.4 Å².